The zero-order valence-electron chi connectivity index (χ0n) is 17.7. The number of nitrogens with one attached hydrogen (secondary N) is 1. The number of para-hydroxylation sites is 1. The van der Waals surface area contributed by atoms with Crippen LogP contribution in [0.1, 0.15) is 29.6 Å². The van der Waals surface area contributed by atoms with Gasteiger partial charge in [0.2, 0.25) is 5.91 Å². The highest BCUT2D eigenvalue weighted by Gasteiger charge is 2.16. The fraction of sp³-hybridized carbons (Fsp3) is 0.217. The van der Waals surface area contributed by atoms with Crippen molar-refractivity contribution in [1.82, 2.24) is 20.3 Å². The van der Waals surface area contributed by atoms with Crippen molar-refractivity contribution in [1.29, 1.82) is 0 Å². The molecule has 3 heterocycles. The summed E-state index contributed by atoms with van der Waals surface area (Å²) in [7, 11) is 0. The summed E-state index contributed by atoms with van der Waals surface area (Å²) in [6, 6.07) is 9.50. The number of thiazole rings is 1. The van der Waals surface area contributed by atoms with E-state index in [1.807, 2.05) is 38.1 Å². The highest BCUT2D eigenvalue weighted by atomic mass is 35.5. The van der Waals surface area contributed by atoms with Crippen LogP contribution in [0.4, 0.5) is 0 Å². The monoisotopic (exact) mass is 486 g/mol. The lowest BCUT2D eigenvalue weighted by Crippen LogP contribution is -2.21. The van der Waals surface area contributed by atoms with Crippen LogP contribution in [0.3, 0.4) is 0 Å². The number of hydrogen-bond acceptors (Lipinski definition) is 6. The van der Waals surface area contributed by atoms with Crippen LogP contribution in [-0.4, -0.2) is 20.9 Å². The first-order chi connectivity index (χ1) is 15.3. The van der Waals surface area contributed by atoms with Crippen LogP contribution in [-0.2, 0) is 17.9 Å². The minimum absolute atomic E-state index is 0.141. The average Bonchev–Trinajstić information content (AvgIpc) is 3.16. The lowest BCUT2D eigenvalue weighted by atomic mass is 10.0. The molecule has 0 aliphatic heterocycles. The second-order valence-corrected chi connectivity index (χ2v) is 9.17. The van der Waals surface area contributed by atoms with E-state index in [2.05, 4.69) is 15.3 Å². The normalized spacial score (nSPS) is 11.0. The Kier molecular flexibility index (Phi) is 6.60. The third kappa shape index (κ3) is 4.70. The minimum atomic E-state index is -0.141. The van der Waals surface area contributed by atoms with Gasteiger partial charge in [-0.3, -0.25) is 9.78 Å². The van der Waals surface area contributed by atoms with Crippen molar-refractivity contribution in [3.63, 3.8) is 0 Å². The molecular weight excluding hydrogens is 467 g/mol. The van der Waals surface area contributed by atoms with Gasteiger partial charge in [-0.25, -0.2) is 9.97 Å². The van der Waals surface area contributed by atoms with E-state index in [0.29, 0.717) is 26.3 Å². The van der Waals surface area contributed by atoms with Crippen molar-refractivity contribution >= 4 is 51.3 Å². The number of fused-ring (bicyclic) bond motifs is 1. The lowest BCUT2D eigenvalue weighted by Gasteiger charge is -2.15. The van der Waals surface area contributed by atoms with Crippen molar-refractivity contribution < 1.29 is 9.53 Å². The molecule has 164 valence electrons. The van der Waals surface area contributed by atoms with E-state index >= 15 is 0 Å². The van der Waals surface area contributed by atoms with Crippen LogP contribution < -0.4 is 10.1 Å². The number of halogens is 2. The molecule has 0 aliphatic carbocycles. The smallest absolute Gasteiger partial charge is 0.217 e. The Balaban J connectivity index is 1.72. The van der Waals surface area contributed by atoms with Crippen LogP contribution in [0, 0.1) is 13.8 Å². The molecule has 0 bridgehead atoms. The average molecular weight is 487 g/mol. The Hall–Kier alpha value is -2.74. The van der Waals surface area contributed by atoms with Crippen molar-refractivity contribution in [3.8, 4) is 17.0 Å². The minimum Gasteiger partial charge on any atom is -0.486 e. The van der Waals surface area contributed by atoms with E-state index in [9.17, 15) is 4.79 Å². The number of rotatable bonds is 6. The topological polar surface area (TPSA) is 77.0 Å². The molecule has 3 aromatic heterocycles. The molecule has 0 spiro atoms. The van der Waals surface area contributed by atoms with E-state index in [1.165, 1.54) is 18.3 Å². The Bertz CT molecular complexity index is 1320. The Morgan fingerprint density at radius 2 is 1.94 bits per heavy atom. The third-order valence-corrected chi connectivity index (χ3v) is 6.26. The van der Waals surface area contributed by atoms with Gasteiger partial charge in [0.15, 0.2) is 0 Å². The summed E-state index contributed by atoms with van der Waals surface area (Å²) in [5.74, 6) is 0.471. The molecule has 4 aromatic rings. The molecule has 0 radical (unpaired) electrons. The zero-order valence-corrected chi connectivity index (χ0v) is 20.0. The van der Waals surface area contributed by atoms with Gasteiger partial charge in [0.1, 0.15) is 27.9 Å². The molecule has 0 saturated carbocycles. The second-order valence-electron chi connectivity index (χ2n) is 7.31. The summed E-state index contributed by atoms with van der Waals surface area (Å²) in [4.78, 5) is 25.1. The van der Waals surface area contributed by atoms with Crippen molar-refractivity contribution in [2.75, 3.05) is 0 Å². The highest BCUT2D eigenvalue weighted by molar-refractivity contribution is 7.14. The summed E-state index contributed by atoms with van der Waals surface area (Å²) < 4.78 is 6.81. The number of aryl methyl sites for hydroxylation is 2. The molecule has 4 rings (SSSR count). The molecule has 0 fully saturated rings. The number of nitrogens with zero attached hydrogens (tertiary/aromatic N) is 3. The summed E-state index contributed by atoms with van der Waals surface area (Å²) in [6.45, 7) is 5.70. The van der Waals surface area contributed by atoms with Crippen LogP contribution in [0.25, 0.3) is 22.2 Å². The number of carbonyl (C=O) groups excluding carboxylic acids is 1. The molecule has 1 amide bonds. The lowest BCUT2D eigenvalue weighted by molar-refractivity contribution is -0.119. The van der Waals surface area contributed by atoms with E-state index in [4.69, 9.17) is 32.9 Å². The number of ether oxygens (including phenoxy) is 1. The molecule has 1 aromatic carbocycles. The Morgan fingerprint density at radius 3 is 2.66 bits per heavy atom. The van der Waals surface area contributed by atoms with Gasteiger partial charge in [-0.15, -0.1) is 11.3 Å². The molecule has 0 saturated heterocycles. The summed E-state index contributed by atoms with van der Waals surface area (Å²) in [5.41, 5.74) is 7.07. The molecule has 1 N–H and O–H groups in total. The standard InChI is InChI=1S/C23H20Cl2N4O2S/c1-12-7-16(22-23(25)32-11-27-22)15-5-4-6-20(21(15)29-12)31-10-17-18(24)8-13(2)28-19(17)9-26-14(3)30/h4-8,11H,9-10H2,1-3H3,(H,26,30). The van der Waals surface area contributed by atoms with Crippen molar-refractivity contribution in [2.24, 2.45) is 0 Å². The number of aromatic nitrogens is 3. The zero-order chi connectivity index (χ0) is 22.8. The number of carbonyl (C=O) groups is 1. The molecule has 32 heavy (non-hydrogen) atoms. The van der Waals surface area contributed by atoms with Gasteiger partial charge in [0, 0.05) is 34.8 Å². The molecule has 9 heteroatoms. The number of benzene rings is 1. The first kappa shape index (κ1) is 22.5. The number of hydrogen-bond donors (Lipinski definition) is 1. The first-order valence-electron chi connectivity index (χ1n) is 9.85. The van der Waals surface area contributed by atoms with Gasteiger partial charge in [-0.05, 0) is 32.0 Å². The maximum atomic E-state index is 11.4. The Labute approximate surface area is 199 Å². The van der Waals surface area contributed by atoms with Gasteiger partial charge >= 0.3 is 0 Å². The van der Waals surface area contributed by atoms with Crippen molar-refractivity contribution in [2.45, 2.75) is 33.9 Å². The number of pyridine rings is 2. The van der Waals surface area contributed by atoms with Gasteiger partial charge in [-0.1, -0.05) is 35.3 Å². The molecule has 6 nitrogen and oxygen atoms in total. The summed E-state index contributed by atoms with van der Waals surface area (Å²) in [6.07, 6.45) is 0. The summed E-state index contributed by atoms with van der Waals surface area (Å²) >= 11 is 14.2. The van der Waals surface area contributed by atoms with Crippen LogP contribution in [0.2, 0.25) is 9.36 Å². The highest BCUT2D eigenvalue weighted by Crippen LogP contribution is 2.37. The Morgan fingerprint density at radius 1 is 1.16 bits per heavy atom. The van der Waals surface area contributed by atoms with E-state index in [-0.39, 0.29) is 19.1 Å². The van der Waals surface area contributed by atoms with E-state index in [0.717, 1.165) is 33.6 Å². The van der Waals surface area contributed by atoms with Crippen LogP contribution >= 0.6 is 34.5 Å². The fourth-order valence-electron chi connectivity index (χ4n) is 3.45. The SMILES string of the molecule is CC(=O)NCc1nc(C)cc(Cl)c1COc1cccc2c(-c3ncsc3Cl)cc(C)nc12. The summed E-state index contributed by atoms with van der Waals surface area (Å²) in [5, 5.41) is 4.21. The van der Waals surface area contributed by atoms with Crippen molar-refractivity contribution in [3.05, 3.63) is 67.8 Å². The van der Waals surface area contributed by atoms with Gasteiger partial charge in [0.05, 0.1) is 22.8 Å². The number of amides is 1. The predicted molar refractivity (Wildman–Crippen MR) is 128 cm³/mol. The molecule has 0 unspecified atom stereocenters. The van der Waals surface area contributed by atoms with Gasteiger partial charge < -0.3 is 10.1 Å². The molecular formula is C23H20Cl2N4O2S. The molecule has 0 atom stereocenters. The maximum absolute atomic E-state index is 11.4. The van der Waals surface area contributed by atoms with E-state index < -0.39 is 0 Å². The quantitative estimate of drug-likeness (QED) is 0.367. The van der Waals surface area contributed by atoms with Gasteiger partial charge in [0.25, 0.3) is 0 Å². The maximum Gasteiger partial charge on any atom is 0.217 e. The predicted octanol–water partition coefficient (Wildman–Crippen LogP) is 5.89. The van der Waals surface area contributed by atoms with Crippen LogP contribution in [0.15, 0.2) is 35.8 Å². The molecule has 0 aliphatic rings. The largest absolute Gasteiger partial charge is 0.486 e. The van der Waals surface area contributed by atoms with Gasteiger partial charge in [-0.2, -0.15) is 0 Å². The third-order valence-electron chi connectivity index (χ3n) is 4.87. The van der Waals surface area contributed by atoms with E-state index in [1.54, 1.807) is 11.6 Å². The second kappa shape index (κ2) is 9.40. The first-order valence-corrected chi connectivity index (χ1v) is 11.5. The van der Waals surface area contributed by atoms with Crippen LogP contribution in [0.5, 0.6) is 5.75 Å². The fourth-order valence-corrected chi connectivity index (χ4v) is 4.56.